The molecule has 5 rings (SSSR count). The Morgan fingerprint density at radius 2 is 1.87 bits per heavy atom. The molecule has 0 unspecified atom stereocenters. The largest absolute Gasteiger partial charge is 0.334 e. The quantitative estimate of drug-likeness (QED) is 0.579. The fraction of sp³-hybridized carbons (Fsp3) is 0.176. The Morgan fingerprint density at radius 1 is 1.00 bits per heavy atom. The molecule has 0 spiro atoms. The highest BCUT2D eigenvalue weighted by Crippen LogP contribution is 2.36. The summed E-state index contributed by atoms with van der Waals surface area (Å²) in [4.78, 5) is 4.48. The Labute approximate surface area is 131 Å². The average Bonchev–Trinajstić information content (AvgIpc) is 3.17. The summed E-state index contributed by atoms with van der Waals surface area (Å²) in [5.74, 6) is 1.08. The third-order valence-corrected chi connectivity index (χ3v) is 4.07. The highest BCUT2D eigenvalue weighted by molar-refractivity contribution is 5.80. The Balaban J connectivity index is 1.54. The van der Waals surface area contributed by atoms with Crippen molar-refractivity contribution in [2.45, 2.75) is 18.9 Å². The fourth-order valence-electron chi connectivity index (χ4n) is 2.71. The van der Waals surface area contributed by atoms with Crippen molar-refractivity contribution in [3.05, 3.63) is 48.5 Å². The lowest BCUT2D eigenvalue weighted by Gasteiger charge is -1.98. The van der Waals surface area contributed by atoms with Crippen molar-refractivity contribution in [1.29, 1.82) is 0 Å². The van der Waals surface area contributed by atoms with Gasteiger partial charge in [-0.05, 0) is 31.0 Å². The lowest BCUT2D eigenvalue weighted by molar-refractivity contribution is 0.432. The molecule has 0 bridgehead atoms. The van der Waals surface area contributed by atoms with Gasteiger partial charge in [0.1, 0.15) is 5.52 Å². The molecule has 1 aliphatic rings. The van der Waals surface area contributed by atoms with Crippen LogP contribution in [0, 0.1) is 0 Å². The van der Waals surface area contributed by atoms with E-state index in [1.165, 1.54) is 12.8 Å². The van der Waals surface area contributed by atoms with Gasteiger partial charge in [0.15, 0.2) is 0 Å². The number of benzene rings is 2. The lowest BCUT2D eigenvalue weighted by atomic mass is 10.2. The maximum atomic E-state index is 5.40. The van der Waals surface area contributed by atoms with Gasteiger partial charge in [-0.2, -0.15) is 4.98 Å². The lowest BCUT2D eigenvalue weighted by Crippen LogP contribution is -1.95. The van der Waals surface area contributed by atoms with Gasteiger partial charge in [0, 0.05) is 11.1 Å². The van der Waals surface area contributed by atoms with Crippen LogP contribution in [0.5, 0.6) is 0 Å². The van der Waals surface area contributed by atoms with Crippen LogP contribution in [0.4, 0.5) is 0 Å². The van der Waals surface area contributed by atoms with Crippen LogP contribution in [-0.2, 0) is 0 Å². The number of hydrogen-bond acceptors (Lipinski definition) is 5. The molecule has 2 aromatic heterocycles. The first-order valence-corrected chi connectivity index (χ1v) is 7.63. The molecule has 6 nitrogen and oxygen atoms in total. The zero-order chi connectivity index (χ0) is 15.2. The van der Waals surface area contributed by atoms with Crippen LogP contribution in [0.25, 0.3) is 33.9 Å². The summed E-state index contributed by atoms with van der Waals surface area (Å²) in [7, 11) is 0. The van der Waals surface area contributed by atoms with E-state index in [1.807, 2.05) is 53.2 Å². The molecule has 6 heteroatoms. The van der Waals surface area contributed by atoms with Gasteiger partial charge in [0.05, 0.1) is 11.6 Å². The second-order valence-electron chi connectivity index (χ2n) is 5.76. The van der Waals surface area contributed by atoms with E-state index in [1.54, 1.807) is 0 Å². The summed E-state index contributed by atoms with van der Waals surface area (Å²) in [5, 5.41) is 12.6. The van der Waals surface area contributed by atoms with Crippen LogP contribution in [0.2, 0.25) is 0 Å². The van der Waals surface area contributed by atoms with Gasteiger partial charge >= 0.3 is 0 Å². The average molecular weight is 303 g/mol. The van der Waals surface area contributed by atoms with Gasteiger partial charge in [0.25, 0.3) is 5.89 Å². The zero-order valence-corrected chi connectivity index (χ0v) is 12.3. The predicted octanol–water partition coefficient (Wildman–Crippen LogP) is 3.48. The van der Waals surface area contributed by atoms with E-state index >= 15 is 0 Å². The summed E-state index contributed by atoms with van der Waals surface area (Å²) in [6, 6.07) is 16.2. The Bertz CT molecular complexity index is 985. The van der Waals surface area contributed by atoms with Gasteiger partial charge in [0.2, 0.25) is 5.82 Å². The van der Waals surface area contributed by atoms with E-state index in [0.29, 0.717) is 17.8 Å². The number of rotatable bonds is 3. The van der Waals surface area contributed by atoms with Crippen molar-refractivity contribution >= 4 is 11.0 Å². The minimum absolute atomic E-state index is 0.492. The second kappa shape index (κ2) is 4.74. The smallest absolute Gasteiger partial charge is 0.258 e. The topological polar surface area (TPSA) is 69.6 Å². The molecule has 1 fully saturated rings. The first-order valence-electron chi connectivity index (χ1n) is 7.63. The minimum Gasteiger partial charge on any atom is -0.334 e. The van der Waals surface area contributed by atoms with Crippen molar-refractivity contribution in [2.75, 3.05) is 0 Å². The number of aromatic nitrogens is 5. The van der Waals surface area contributed by atoms with Crippen LogP contribution < -0.4 is 0 Å². The number of nitrogens with zero attached hydrogens (tertiary/aromatic N) is 5. The molecule has 1 aliphatic carbocycles. The molecule has 0 radical (unpaired) electrons. The molecule has 0 amide bonds. The SMILES string of the molecule is c1ccc(-c2noc(-c3ccc4c(c3)nnn4C3CC3)n2)cc1. The van der Waals surface area contributed by atoms with Gasteiger partial charge in [-0.15, -0.1) is 5.10 Å². The Morgan fingerprint density at radius 3 is 2.70 bits per heavy atom. The molecule has 112 valence electrons. The minimum atomic E-state index is 0.492. The summed E-state index contributed by atoms with van der Waals surface area (Å²) in [6.45, 7) is 0. The Hall–Kier alpha value is -3.02. The molecule has 2 heterocycles. The molecule has 0 atom stereocenters. The molecule has 1 saturated carbocycles. The van der Waals surface area contributed by atoms with Crippen molar-refractivity contribution in [3.8, 4) is 22.8 Å². The third-order valence-electron chi connectivity index (χ3n) is 4.07. The Kier molecular flexibility index (Phi) is 2.58. The van der Waals surface area contributed by atoms with Gasteiger partial charge < -0.3 is 4.52 Å². The van der Waals surface area contributed by atoms with E-state index in [4.69, 9.17) is 4.52 Å². The summed E-state index contributed by atoms with van der Waals surface area (Å²) in [6.07, 6.45) is 2.37. The van der Waals surface area contributed by atoms with Crippen LogP contribution in [0.1, 0.15) is 18.9 Å². The van der Waals surface area contributed by atoms with Crippen molar-refractivity contribution < 1.29 is 4.52 Å². The van der Waals surface area contributed by atoms with Crippen molar-refractivity contribution in [3.63, 3.8) is 0 Å². The van der Waals surface area contributed by atoms with E-state index in [9.17, 15) is 0 Å². The molecular weight excluding hydrogens is 290 g/mol. The van der Waals surface area contributed by atoms with Crippen LogP contribution in [-0.4, -0.2) is 25.1 Å². The monoisotopic (exact) mass is 303 g/mol. The first-order chi connectivity index (χ1) is 11.4. The molecular formula is C17H13N5O. The van der Waals surface area contributed by atoms with E-state index in [0.717, 1.165) is 22.2 Å². The third kappa shape index (κ3) is 2.11. The van der Waals surface area contributed by atoms with E-state index in [-0.39, 0.29) is 0 Å². The molecule has 23 heavy (non-hydrogen) atoms. The molecule has 4 aromatic rings. The standard InChI is InChI=1S/C17H13N5O/c1-2-4-11(5-3-1)16-18-17(23-20-16)12-6-9-15-14(10-12)19-21-22(15)13-7-8-13/h1-6,9-10,13H,7-8H2. The molecule has 0 N–H and O–H groups in total. The summed E-state index contributed by atoms with van der Waals surface area (Å²) >= 11 is 0. The molecule has 2 aromatic carbocycles. The van der Waals surface area contributed by atoms with Gasteiger partial charge in [-0.1, -0.05) is 40.7 Å². The highest BCUT2D eigenvalue weighted by atomic mass is 16.5. The second-order valence-corrected chi connectivity index (χ2v) is 5.76. The predicted molar refractivity (Wildman–Crippen MR) is 84.5 cm³/mol. The van der Waals surface area contributed by atoms with Crippen molar-refractivity contribution in [2.24, 2.45) is 0 Å². The van der Waals surface area contributed by atoms with Crippen LogP contribution >= 0.6 is 0 Å². The normalized spacial score (nSPS) is 14.4. The van der Waals surface area contributed by atoms with Gasteiger partial charge in [-0.3, -0.25) is 0 Å². The van der Waals surface area contributed by atoms with Crippen LogP contribution in [0.15, 0.2) is 53.1 Å². The maximum Gasteiger partial charge on any atom is 0.258 e. The molecule has 0 saturated heterocycles. The number of hydrogen-bond donors (Lipinski definition) is 0. The molecule has 0 aliphatic heterocycles. The van der Waals surface area contributed by atoms with E-state index < -0.39 is 0 Å². The first kappa shape index (κ1) is 12.5. The maximum absolute atomic E-state index is 5.40. The fourth-order valence-corrected chi connectivity index (χ4v) is 2.71. The summed E-state index contributed by atoms with van der Waals surface area (Å²) < 4.78 is 7.41. The van der Waals surface area contributed by atoms with Crippen LogP contribution in [0.3, 0.4) is 0 Å². The van der Waals surface area contributed by atoms with E-state index in [2.05, 4.69) is 20.5 Å². The zero-order valence-electron chi connectivity index (χ0n) is 12.3. The number of fused-ring (bicyclic) bond motifs is 1. The highest BCUT2D eigenvalue weighted by Gasteiger charge is 2.26. The summed E-state index contributed by atoms with van der Waals surface area (Å²) in [5.41, 5.74) is 3.70. The van der Waals surface area contributed by atoms with Crippen molar-refractivity contribution in [1.82, 2.24) is 25.1 Å². The van der Waals surface area contributed by atoms with Gasteiger partial charge in [-0.25, -0.2) is 4.68 Å².